The van der Waals surface area contributed by atoms with Crippen LogP contribution >= 0.6 is 24.0 Å². The Bertz CT molecular complexity index is 343. The fourth-order valence-electron chi connectivity index (χ4n) is 0.908. The van der Waals surface area contributed by atoms with Gasteiger partial charge in [-0.05, 0) is 18.2 Å². The van der Waals surface area contributed by atoms with Crippen LogP contribution < -0.4 is 5.73 Å². The molecule has 1 aromatic carbocycles. The zero-order valence-electron chi connectivity index (χ0n) is 6.98. The van der Waals surface area contributed by atoms with E-state index in [0.29, 0.717) is 5.02 Å². The number of carbonyl (C=O) groups is 1. The number of carboxylic acid groups (broad SMARTS) is 1. The Labute approximate surface area is 91.7 Å². The Kier molecular flexibility index (Phi) is 4.70. The van der Waals surface area contributed by atoms with E-state index in [1.165, 1.54) is 18.2 Å². The van der Waals surface area contributed by atoms with Crippen LogP contribution in [-0.2, 0) is 4.79 Å². The van der Waals surface area contributed by atoms with Gasteiger partial charge in [0.2, 0.25) is 0 Å². The van der Waals surface area contributed by atoms with Gasteiger partial charge in [0, 0.05) is 10.6 Å². The molecule has 0 aromatic heterocycles. The molecule has 0 aliphatic heterocycles. The van der Waals surface area contributed by atoms with E-state index in [4.69, 9.17) is 22.4 Å². The second kappa shape index (κ2) is 5.05. The van der Waals surface area contributed by atoms with Gasteiger partial charge in [0.05, 0.1) is 0 Å². The summed E-state index contributed by atoms with van der Waals surface area (Å²) in [5, 5.41) is 18.2. The summed E-state index contributed by atoms with van der Waals surface area (Å²) in [6, 6.07) is 2.84. The predicted molar refractivity (Wildman–Crippen MR) is 54.9 cm³/mol. The van der Waals surface area contributed by atoms with Crippen molar-refractivity contribution in [2.75, 3.05) is 0 Å². The first-order valence-corrected chi connectivity index (χ1v) is 3.87. The van der Waals surface area contributed by atoms with E-state index in [-0.39, 0.29) is 23.7 Å². The maximum Gasteiger partial charge on any atom is 0.325 e. The summed E-state index contributed by atoms with van der Waals surface area (Å²) < 4.78 is 0. The van der Waals surface area contributed by atoms with Crippen molar-refractivity contribution in [1.29, 1.82) is 0 Å². The largest absolute Gasteiger partial charge is 0.508 e. The lowest BCUT2D eigenvalue weighted by atomic mass is 10.1. The van der Waals surface area contributed by atoms with Gasteiger partial charge in [0.25, 0.3) is 0 Å². The first-order valence-electron chi connectivity index (χ1n) is 3.49. The second-order valence-electron chi connectivity index (χ2n) is 2.52. The molecule has 0 aliphatic carbocycles. The minimum Gasteiger partial charge on any atom is -0.508 e. The third kappa shape index (κ3) is 2.77. The average Bonchev–Trinajstić information content (AvgIpc) is 2.08. The van der Waals surface area contributed by atoms with Crippen LogP contribution in [0.5, 0.6) is 5.75 Å². The van der Waals surface area contributed by atoms with Crippen molar-refractivity contribution in [3.05, 3.63) is 28.8 Å². The van der Waals surface area contributed by atoms with Crippen molar-refractivity contribution in [3.8, 4) is 5.75 Å². The number of rotatable bonds is 2. The Morgan fingerprint density at radius 1 is 1.50 bits per heavy atom. The molecule has 0 radical (unpaired) electrons. The molecule has 0 bridgehead atoms. The summed E-state index contributed by atoms with van der Waals surface area (Å²) in [7, 11) is 0. The summed E-state index contributed by atoms with van der Waals surface area (Å²) in [6.07, 6.45) is 0. The summed E-state index contributed by atoms with van der Waals surface area (Å²) in [5.41, 5.74) is 5.40. The Morgan fingerprint density at radius 3 is 2.57 bits per heavy atom. The number of hydrogen-bond donors (Lipinski definition) is 3. The van der Waals surface area contributed by atoms with Crippen molar-refractivity contribution in [2.24, 2.45) is 5.73 Å². The number of carboxylic acids is 1. The lowest BCUT2D eigenvalue weighted by molar-refractivity contribution is -0.138. The molecular weight excluding hydrogens is 229 g/mol. The van der Waals surface area contributed by atoms with Crippen LogP contribution in [0.15, 0.2) is 18.2 Å². The van der Waals surface area contributed by atoms with Crippen LogP contribution in [0.25, 0.3) is 0 Å². The molecule has 1 rings (SSSR count). The number of aromatic hydroxyl groups is 1. The maximum absolute atomic E-state index is 10.5. The molecule has 78 valence electrons. The third-order valence-electron chi connectivity index (χ3n) is 1.59. The van der Waals surface area contributed by atoms with Crippen LogP contribution in [0.1, 0.15) is 11.6 Å². The van der Waals surface area contributed by atoms with E-state index in [1.54, 1.807) is 0 Å². The van der Waals surface area contributed by atoms with Crippen molar-refractivity contribution in [1.82, 2.24) is 0 Å². The van der Waals surface area contributed by atoms with Crippen molar-refractivity contribution < 1.29 is 15.0 Å². The van der Waals surface area contributed by atoms with Crippen molar-refractivity contribution in [2.45, 2.75) is 6.04 Å². The van der Waals surface area contributed by atoms with Gasteiger partial charge in [-0.3, -0.25) is 4.79 Å². The Hall–Kier alpha value is -0.970. The van der Waals surface area contributed by atoms with E-state index in [9.17, 15) is 9.90 Å². The number of hydrogen-bond acceptors (Lipinski definition) is 3. The monoisotopic (exact) mass is 237 g/mol. The maximum atomic E-state index is 10.5. The number of halogens is 2. The Balaban J connectivity index is 0.00000169. The molecule has 0 saturated carbocycles. The first-order chi connectivity index (χ1) is 6.02. The van der Waals surface area contributed by atoms with E-state index in [2.05, 4.69) is 0 Å². The first kappa shape index (κ1) is 13.0. The summed E-state index contributed by atoms with van der Waals surface area (Å²) in [4.78, 5) is 10.5. The zero-order valence-corrected chi connectivity index (χ0v) is 8.55. The van der Waals surface area contributed by atoms with Gasteiger partial charge in [-0.25, -0.2) is 0 Å². The molecule has 0 aliphatic rings. The van der Waals surface area contributed by atoms with Gasteiger partial charge in [-0.15, -0.1) is 12.4 Å². The third-order valence-corrected chi connectivity index (χ3v) is 1.83. The lowest BCUT2D eigenvalue weighted by Crippen LogP contribution is -2.20. The standard InChI is InChI=1S/C8H8ClNO3.ClH/c9-4-1-2-6(11)5(3-4)7(10)8(12)13;/h1-3,7,11H,10H2,(H,12,13);1H. The molecule has 1 aromatic rings. The molecule has 1 unspecified atom stereocenters. The molecule has 0 amide bonds. The van der Waals surface area contributed by atoms with Gasteiger partial charge in [0.1, 0.15) is 11.8 Å². The minimum atomic E-state index is -1.25. The van der Waals surface area contributed by atoms with Crippen LogP contribution in [0.2, 0.25) is 5.02 Å². The van der Waals surface area contributed by atoms with Crippen LogP contribution in [0, 0.1) is 0 Å². The number of nitrogens with two attached hydrogens (primary N) is 1. The van der Waals surface area contributed by atoms with E-state index >= 15 is 0 Å². The van der Waals surface area contributed by atoms with Crippen molar-refractivity contribution in [3.63, 3.8) is 0 Å². The summed E-state index contributed by atoms with van der Waals surface area (Å²) >= 11 is 5.61. The lowest BCUT2D eigenvalue weighted by Gasteiger charge is -2.08. The second-order valence-corrected chi connectivity index (χ2v) is 2.96. The van der Waals surface area contributed by atoms with Gasteiger partial charge in [0.15, 0.2) is 0 Å². The molecule has 6 heteroatoms. The zero-order chi connectivity index (χ0) is 10.0. The quantitative estimate of drug-likeness (QED) is 0.729. The number of phenolic OH excluding ortho intramolecular Hbond substituents is 1. The highest BCUT2D eigenvalue weighted by Crippen LogP contribution is 2.26. The fraction of sp³-hybridized carbons (Fsp3) is 0.125. The van der Waals surface area contributed by atoms with Gasteiger partial charge in [-0.2, -0.15) is 0 Å². The predicted octanol–water partition coefficient (Wildman–Crippen LogP) is 1.55. The van der Waals surface area contributed by atoms with Gasteiger partial charge >= 0.3 is 5.97 Å². The summed E-state index contributed by atoms with van der Waals surface area (Å²) in [5.74, 6) is -1.38. The Morgan fingerprint density at radius 2 is 2.07 bits per heavy atom. The number of aliphatic carboxylic acids is 1. The molecule has 0 heterocycles. The van der Waals surface area contributed by atoms with E-state index < -0.39 is 12.0 Å². The molecule has 1 atom stereocenters. The highest BCUT2D eigenvalue weighted by atomic mass is 35.5. The SMILES string of the molecule is Cl.NC(C(=O)O)c1cc(Cl)ccc1O. The number of phenols is 1. The van der Waals surface area contributed by atoms with Crippen molar-refractivity contribution >= 4 is 30.0 Å². The normalized spacial score (nSPS) is 11.6. The van der Waals surface area contributed by atoms with Gasteiger partial charge in [-0.1, -0.05) is 11.6 Å². The summed E-state index contributed by atoms with van der Waals surface area (Å²) in [6.45, 7) is 0. The topological polar surface area (TPSA) is 83.6 Å². The molecular formula is C8H9Cl2NO3. The minimum absolute atomic E-state index is 0. The van der Waals surface area contributed by atoms with E-state index in [1.807, 2.05) is 0 Å². The highest BCUT2D eigenvalue weighted by Gasteiger charge is 2.17. The number of benzene rings is 1. The molecule has 0 saturated heterocycles. The van der Waals surface area contributed by atoms with Crippen LogP contribution in [0.3, 0.4) is 0 Å². The molecule has 14 heavy (non-hydrogen) atoms. The van der Waals surface area contributed by atoms with Crippen LogP contribution in [-0.4, -0.2) is 16.2 Å². The van der Waals surface area contributed by atoms with Gasteiger partial charge < -0.3 is 15.9 Å². The highest BCUT2D eigenvalue weighted by molar-refractivity contribution is 6.30. The molecule has 4 N–H and O–H groups in total. The molecule has 0 spiro atoms. The smallest absolute Gasteiger partial charge is 0.325 e. The molecule has 4 nitrogen and oxygen atoms in total. The van der Waals surface area contributed by atoms with Crippen LogP contribution in [0.4, 0.5) is 0 Å². The fourth-order valence-corrected chi connectivity index (χ4v) is 1.09. The molecule has 0 fully saturated rings. The van der Waals surface area contributed by atoms with E-state index in [0.717, 1.165) is 0 Å². The average molecular weight is 238 g/mol.